The van der Waals surface area contributed by atoms with Crippen LogP contribution in [0.4, 0.5) is 0 Å². The number of hydrogen-bond donors (Lipinski definition) is 0. The van der Waals surface area contributed by atoms with E-state index < -0.39 is 0 Å². The maximum absolute atomic E-state index is 12.6. The number of likely N-dealkylation sites (tertiary alicyclic amines) is 1. The molecule has 0 radical (unpaired) electrons. The van der Waals surface area contributed by atoms with Crippen LogP contribution >= 0.6 is 35.0 Å². The van der Waals surface area contributed by atoms with E-state index >= 15 is 0 Å². The lowest BCUT2D eigenvalue weighted by atomic mass is 9.98. The number of pyridine rings is 1. The molecule has 8 heteroatoms. The summed E-state index contributed by atoms with van der Waals surface area (Å²) in [5.74, 6) is 0.471. The van der Waals surface area contributed by atoms with Crippen LogP contribution in [0.3, 0.4) is 0 Å². The number of carbonyl (C=O) groups excluding carboxylic acids is 1. The average molecular weight is 373 g/mol. The van der Waals surface area contributed by atoms with Gasteiger partial charge < -0.3 is 4.90 Å². The summed E-state index contributed by atoms with van der Waals surface area (Å²) in [6.45, 7) is 4.23. The van der Waals surface area contributed by atoms with E-state index in [0.717, 1.165) is 12.8 Å². The van der Waals surface area contributed by atoms with Gasteiger partial charge in [-0.1, -0.05) is 35.0 Å². The number of hydrogen-bond acceptors (Lipinski definition) is 4. The van der Waals surface area contributed by atoms with Crippen molar-refractivity contribution in [2.75, 3.05) is 5.75 Å². The molecule has 0 unspecified atom stereocenters. The maximum atomic E-state index is 12.6. The summed E-state index contributed by atoms with van der Waals surface area (Å²) in [5.41, 5.74) is 0.547. The Labute approximate surface area is 149 Å². The molecule has 0 aromatic carbocycles. The summed E-state index contributed by atoms with van der Waals surface area (Å²) in [6.07, 6.45) is 5.03. The van der Waals surface area contributed by atoms with Crippen LogP contribution in [-0.2, 0) is 4.79 Å². The summed E-state index contributed by atoms with van der Waals surface area (Å²) in [6, 6.07) is 2.22. The monoisotopic (exact) mass is 372 g/mol. The van der Waals surface area contributed by atoms with Crippen LogP contribution in [0.2, 0.25) is 10.0 Å². The van der Waals surface area contributed by atoms with Crippen molar-refractivity contribution in [3.63, 3.8) is 0 Å². The third-order valence-corrected chi connectivity index (χ3v) is 5.61. The minimum absolute atomic E-state index is 0.138. The number of rotatable bonds is 3. The summed E-state index contributed by atoms with van der Waals surface area (Å²) < 4.78 is 1.73. The molecule has 124 valence electrons. The summed E-state index contributed by atoms with van der Waals surface area (Å²) in [7, 11) is 0. The molecule has 23 heavy (non-hydrogen) atoms. The van der Waals surface area contributed by atoms with Crippen LogP contribution in [-0.4, -0.2) is 43.2 Å². The molecule has 3 rings (SSSR count). The molecule has 1 aliphatic heterocycles. The van der Waals surface area contributed by atoms with Crippen molar-refractivity contribution in [2.45, 2.75) is 50.4 Å². The normalized spacial score (nSPS) is 21.8. The fraction of sp³-hybridized carbons (Fsp3) is 0.533. The zero-order valence-corrected chi connectivity index (χ0v) is 15.3. The highest BCUT2D eigenvalue weighted by Gasteiger charge is 2.29. The molecule has 3 heterocycles. The van der Waals surface area contributed by atoms with Crippen LogP contribution in [0.15, 0.2) is 17.4 Å². The van der Waals surface area contributed by atoms with Gasteiger partial charge in [-0.05, 0) is 39.2 Å². The van der Waals surface area contributed by atoms with E-state index in [4.69, 9.17) is 23.2 Å². The second-order valence-electron chi connectivity index (χ2n) is 5.90. The van der Waals surface area contributed by atoms with E-state index in [1.807, 2.05) is 4.90 Å². The number of carbonyl (C=O) groups is 1. The number of nitrogens with zero attached hydrogens (tertiary/aromatic N) is 4. The quantitative estimate of drug-likeness (QED) is 0.766. The third kappa shape index (κ3) is 3.44. The number of halogens is 2. The van der Waals surface area contributed by atoms with Gasteiger partial charge in [-0.25, -0.2) is 0 Å². The molecule has 5 nitrogen and oxygen atoms in total. The molecule has 0 spiro atoms. The van der Waals surface area contributed by atoms with Crippen LogP contribution < -0.4 is 0 Å². The number of piperidine rings is 1. The average Bonchev–Trinajstić information content (AvgIpc) is 2.88. The Morgan fingerprint density at radius 1 is 1.30 bits per heavy atom. The van der Waals surface area contributed by atoms with Crippen LogP contribution in [0, 0.1) is 0 Å². The fourth-order valence-electron chi connectivity index (χ4n) is 3.11. The summed E-state index contributed by atoms with van der Waals surface area (Å²) in [5, 5.41) is 9.75. The second kappa shape index (κ2) is 6.87. The Kier molecular flexibility index (Phi) is 5.04. The van der Waals surface area contributed by atoms with E-state index in [1.165, 1.54) is 18.2 Å². The lowest BCUT2D eigenvalue weighted by Gasteiger charge is -2.39. The van der Waals surface area contributed by atoms with Crippen molar-refractivity contribution in [1.82, 2.24) is 19.5 Å². The molecule has 0 N–H and O–H groups in total. The van der Waals surface area contributed by atoms with E-state index in [0.29, 0.717) is 38.7 Å². The zero-order chi connectivity index (χ0) is 16.6. The van der Waals surface area contributed by atoms with E-state index in [-0.39, 0.29) is 5.91 Å². The lowest BCUT2D eigenvalue weighted by Crippen LogP contribution is -2.48. The molecule has 2 aromatic heterocycles. The molecule has 0 aliphatic carbocycles. The Bertz CT molecular complexity index is 726. The van der Waals surface area contributed by atoms with Gasteiger partial charge in [0, 0.05) is 18.3 Å². The second-order valence-corrected chi connectivity index (χ2v) is 7.69. The molecule has 0 saturated carbocycles. The standard InChI is InChI=1S/C15H18Cl2N4OS/c1-9-4-3-5-10(2)21(9)13(22)8-23-15-19-18-14-12(17)6-11(16)7-20(14)15/h6-7,9-10H,3-5,8H2,1-2H3/t9-,10-/m1/s1. The topological polar surface area (TPSA) is 50.5 Å². The Hall–Kier alpha value is -0.980. The highest BCUT2D eigenvalue weighted by Crippen LogP contribution is 2.27. The van der Waals surface area contributed by atoms with Crippen molar-refractivity contribution in [3.8, 4) is 0 Å². The highest BCUT2D eigenvalue weighted by molar-refractivity contribution is 7.99. The molecule has 1 fully saturated rings. The zero-order valence-electron chi connectivity index (χ0n) is 13.0. The smallest absolute Gasteiger partial charge is 0.233 e. The van der Waals surface area contributed by atoms with Crippen molar-refractivity contribution in [2.24, 2.45) is 0 Å². The van der Waals surface area contributed by atoms with Gasteiger partial charge in [0.25, 0.3) is 0 Å². The summed E-state index contributed by atoms with van der Waals surface area (Å²) >= 11 is 13.5. The Morgan fingerprint density at radius 3 is 2.70 bits per heavy atom. The third-order valence-electron chi connectivity index (χ3n) is 4.20. The molecule has 0 bridgehead atoms. The Morgan fingerprint density at radius 2 is 2.00 bits per heavy atom. The largest absolute Gasteiger partial charge is 0.337 e. The van der Waals surface area contributed by atoms with E-state index in [9.17, 15) is 4.79 Å². The predicted molar refractivity (Wildman–Crippen MR) is 93.4 cm³/mol. The molecule has 1 aliphatic rings. The van der Waals surface area contributed by atoms with Crippen molar-refractivity contribution in [3.05, 3.63) is 22.3 Å². The number of fused-ring (bicyclic) bond motifs is 1. The first-order valence-electron chi connectivity index (χ1n) is 7.61. The van der Waals surface area contributed by atoms with Gasteiger partial charge in [0.05, 0.1) is 15.8 Å². The summed E-state index contributed by atoms with van der Waals surface area (Å²) in [4.78, 5) is 14.6. The Balaban J connectivity index is 1.74. The number of aromatic nitrogens is 3. The van der Waals surface area contributed by atoms with Crippen LogP contribution in [0.5, 0.6) is 0 Å². The van der Waals surface area contributed by atoms with Crippen LogP contribution in [0.25, 0.3) is 5.65 Å². The van der Waals surface area contributed by atoms with E-state index in [1.54, 1.807) is 16.7 Å². The van der Waals surface area contributed by atoms with Crippen molar-refractivity contribution >= 4 is 46.5 Å². The van der Waals surface area contributed by atoms with Crippen LogP contribution in [0.1, 0.15) is 33.1 Å². The van der Waals surface area contributed by atoms with Crippen molar-refractivity contribution < 1.29 is 4.79 Å². The SMILES string of the molecule is C[C@@H]1CCC[C@@H](C)N1C(=O)CSc1nnc2c(Cl)cc(Cl)cn12. The molecule has 2 atom stereocenters. The van der Waals surface area contributed by atoms with Gasteiger partial charge in [0.15, 0.2) is 10.8 Å². The first-order chi connectivity index (χ1) is 11.0. The van der Waals surface area contributed by atoms with Gasteiger partial charge >= 0.3 is 0 Å². The predicted octanol–water partition coefficient (Wildman–Crippen LogP) is 3.92. The molecule has 1 amide bonds. The van der Waals surface area contributed by atoms with Gasteiger partial charge in [-0.15, -0.1) is 10.2 Å². The fourth-order valence-corrected chi connectivity index (χ4v) is 4.40. The minimum Gasteiger partial charge on any atom is -0.337 e. The van der Waals surface area contributed by atoms with Gasteiger partial charge in [-0.2, -0.15) is 0 Å². The number of thioether (sulfide) groups is 1. The highest BCUT2D eigenvalue weighted by atomic mass is 35.5. The maximum Gasteiger partial charge on any atom is 0.233 e. The minimum atomic E-state index is 0.138. The molecular weight excluding hydrogens is 355 g/mol. The molecule has 1 saturated heterocycles. The molecule has 2 aromatic rings. The first-order valence-corrected chi connectivity index (χ1v) is 9.35. The van der Waals surface area contributed by atoms with Gasteiger partial charge in [0.2, 0.25) is 5.91 Å². The lowest BCUT2D eigenvalue weighted by molar-refractivity contribution is -0.134. The number of amides is 1. The van der Waals surface area contributed by atoms with E-state index in [2.05, 4.69) is 24.0 Å². The molecular formula is C15H18Cl2N4OS. The first kappa shape index (κ1) is 16.9. The van der Waals surface area contributed by atoms with Gasteiger partial charge in [-0.3, -0.25) is 9.20 Å². The van der Waals surface area contributed by atoms with Gasteiger partial charge in [0.1, 0.15) is 0 Å². The van der Waals surface area contributed by atoms with Crippen molar-refractivity contribution in [1.29, 1.82) is 0 Å².